The molecule has 5 aromatic carbocycles. The van der Waals surface area contributed by atoms with E-state index >= 15 is 0 Å². The van der Waals surface area contributed by atoms with Crippen LogP contribution in [0.25, 0.3) is 21.5 Å². The van der Waals surface area contributed by atoms with Crippen LogP contribution in [0.15, 0.2) is 120 Å². The van der Waals surface area contributed by atoms with Crippen molar-refractivity contribution in [2.24, 2.45) is 20.5 Å². The fraction of sp³-hybridized carbons (Fsp3) is 0. The molecule has 5 N–H and O–H groups in total. The van der Waals surface area contributed by atoms with Gasteiger partial charge in [-0.05, 0) is 66.7 Å². The Hall–Kier alpha value is -4.65. The van der Waals surface area contributed by atoms with Crippen molar-refractivity contribution < 1.29 is 38.9 Å². The number of rotatable bonds is 7. The summed E-state index contributed by atoms with van der Waals surface area (Å²) in [6.07, 6.45) is 0. The zero-order valence-corrected chi connectivity index (χ0v) is 23.9. The molecule has 0 saturated carbocycles. The number of hydrogen-bond acceptors (Lipinski definition) is 11. The van der Waals surface area contributed by atoms with E-state index in [2.05, 4.69) is 20.5 Å². The van der Waals surface area contributed by atoms with Crippen LogP contribution in [-0.4, -0.2) is 38.9 Å². The molecule has 0 saturated heterocycles. The van der Waals surface area contributed by atoms with Crippen LogP contribution in [0.4, 0.5) is 28.4 Å². The van der Waals surface area contributed by atoms with Crippen LogP contribution in [0.5, 0.6) is 0 Å². The van der Waals surface area contributed by atoms with Crippen LogP contribution in [0.2, 0.25) is 0 Å². The number of fused-ring (bicyclic) bond motifs is 2. The molecule has 0 atom stereocenters. The first-order valence-corrected chi connectivity index (χ1v) is 16.2. The normalized spacial score (nSPS) is 13.0. The second-order valence-electron chi connectivity index (χ2n) is 8.98. The standard InChI is InChI=1S/C26H19N5O9S3/c27-21-10-11-23(19-2-1-3-25(26(19)21)43(38,39)40)31-30-22-12-13-24(20-14-17(42(35,36)37)8-9-18(20)22)29-28-15-4-6-16(7-5-15)41(32,33)34/h1-14H,27H2,(H,32,33,34)(H,35,36,37)(H,38,39,40). The molecule has 0 bridgehead atoms. The zero-order valence-electron chi connectivity index (χ0n) is 21.5. The van der Waals surface area contributed by atoms with E-state index in [4.69, 9.17) is 10.3 Å². The molecule has 0 amide bonds. The quantitative estimate of drug-likeness (QED) is 0.0898. The molecular formula is C26H19N5O9S3. The van der Waals surface area contributed by atoms with Crippen molar-refractivity contribution in [2.75, 3.05) is 5.73 Å². The number of nitrogen functional groups attached to an aromatic ring is 1. The average Bonchev–Trinajstić information content (AvgIpc) is 2.94. The van der Waals surface area contributed by atoms with Crippen molar-refractivity contribution in [1.82, 2.24) is 0 Å². The first kappa shape index (κ1) is 29.8. The van der Waals surface area contributed by atoms with Crippen LogP contribution in [0.1, 0.15) is 0 Å². The maximum atomic E-state index is 11.9. The summed E-state index contributed by atoms with van der Waals surface area (Å²) in [6, 6.07) is 18.6. The Labute approximate surface area is 244 Å². The first-order valence-electron chi connectivity index (χ1n) is 11.9. The minimum absolute atomic E-state index is 0.0597. The molecule has 14 nitrogen and oxygen atoms in total. The maximum absolute atomic E-state index is 11.9. The first-order chi connectivity index (χ1) is 20.1. The highest BCUT2D eigenvalue weighted by Gasteiger charge is 2.18. The van der Waals surface area contributed by atoms with Gasteiger partial charge in [-0.15, -0.1) is 15.3 Å². The third-order valence-electron chi connectivity index (χ3n) is 6.20. The lowest BCUT2D eigenvalue weighted by Gasteiger charge is -2.09. The molecule has 5 aromatic rings. The summed E-state index contributed by atoms with van der Waals surface area (Å²) in [7, 11) is -13.6. The smallest absolute Gasteiger partial charge is 0.295 e. The molecule has 0 radical (unpaired) electrons. The Morgan fingerprint density at radius 1 is 0.512 bits per heavy atom. The number of azo groups is 2. The summed E-state index contributed by atoms with van der Waals surface area (Å²) in [5.74, 6) is 0. The van der Waals surface area contributed by atoms with E-state index in [0.29, 0.717) is 10.8 Å². The lowest BCUT2D eigenvalue weighted by molar-refractivity contribution is 0.481. The lowest BCUT2D eigenvalue weighted by atomic mass is 10.1. The van der Waals surface area contributed by atoms with E-state index in [1.54, 1.807) is 6.07 Å². The molecule has 220 valence electrons. The third-order valence-corrected chi connectivity index (χ3v) is 8.82. The second-order valence-corrected chi connectivity index (χ2v) is 13.2. The summed E-state index contributed by atoms with van der Waals surface area (Å²) >= 11 is 0. The monoisotopic (exact) mass is 641 g/mol. The molecule has 0 aliphatic heterocycles. The van der Waals surface area contributed by atoms with E-state index in [0.717, 1.165) is 24.3 Å². The molecule has 0 aliphatic rings. The van der Waals surface area contributed by atoms with Gasteiger partial charge in [-0.3, -0.25) is 13.7 Å². The molecule has 43 heavy (non-hydrogen) atoms. The molecule has 0 unspecified atom stereocenters. The van der Waals surface area contributed by atoms with Crippen molar-refractivity contribution in [1.29, 1.82) is 0 Å². The van der Waals surface area contributed by atoms with Gasteiger partial charge in [0, 0.05) is 27.2 Å². The second kappa shape index (κ2) is 10.9. The molecule has 0 heterocycles. The Balaban J connectivity index is 1.62. The zero-order chi connectivity index (χ0) is 31.2. The van der Waals surface area contributed by atoms with Gasteiger partial charge < -0.3 is 5.73 Å². The summed E-state index contributed by atoms with van der Waals surface area (Å²) in [5, 5.41) is 17.6. The fourth-order valence-electron chi connectivity index (χ4n) is 4.22. The topological polar surface area (TPSA) is 239 Å². The van der Waals surface area contributed by atoms with Gasteiger partial charge >= 0.3 is 0 Å². The van der Waals surface area contributed by atoms with E-state index in [1.807, 2.05) is 0 Å². The van der Waals surface area contributed by atoms with Crippen molar-refractivity contribution in [3.05, 3.63) is 84.9 Å². The van der Waals surface area contributed by atoms with Gasteiger partial charge in [0.25, 0.3) is 30.4 Å². The Morgan fingerprint density at radius 2 is 1.05 bits per heavy atom. The predicted octanol–water partition coefficient (Wildman–Crippen LogP) is 6.15. The molecule has 0 aromatic heterocycles. The lowest BCUT2D eigenvalue weighted by Crippen LogP contribution is -2.01. The average molecular weight is 642 g/mol. The van der Waals surface area contributed by atoms with Crippen LogP contribution in [0.3, 0.4) is 0 Å². The van der Waals surface area contributed by atoms with Gasteiger partial charge in [0.2, 0.25) is 0 Å². The summed E-state index contributed by atoms with van der Waals surface area (Å²) in [5.41, 5.74) is 6.92. The highest BCUT2D eigenvalue weighted by molar-refractivity contribution is 7.86. The molecule has 0 fully saturated rings. The van der Waals surface area contributed by atoms with Crippen molar-refractivity contribution in [3.63, 3.8) is 0 Å². The highest BCUT2D eigenvalue weighted by Crippen LogP contribution is 2.39. The fourth-order valence-corrected chi connectivity index (χ4v) is 5.94. The predicted molar refractivity (Wildman–Crippen MR) is 157 cm³/mol. The number of benzene rings is 5. The van der Waals surface area contributed by atoms with Crippen molar-refractivity contribution in [3.8, 4) is 0 Å². The molecular weight excluding hydrogens is 623 g/mol. The molecule has 0 aliphatic carbocycles. The highest BCUT2D eigenvalue weighted by atomic mass is 32.2. The molecule has 0 spiro atoms. The van der Waals surface area contributed by atoms with E-state index in [1.165, 1.54) is 54.6 Å². The minimum Gasteiger partial charge on any atom is -0.398 e. The van der Waals surface area contributed by atoms with Crippen LogP contribution in [0, 0.1) is 0 Å². The SMILES string of the molecule is Nc1ccc(N=Nc2ccc(N=Nc3ccc(S(=O)(=O)O)cc3)c3cc(S(=O)(=O)O)ccc23)c2cccc(S(=O)(=O)O)c12. The van der Waals surface area contributed by atoms with Crippen molar-refractivity contribution >= 4 is 80.3 Å². The van der Waals surface area contributed by atoms with E-state index < -0.39 is 40.1 Å². The van der Waals surface area contributed by atoms with Crippen LogP contribution < -0.4 is 5.73 Å². The third kappa shape index (κ3) is 6.26. The summed E-state index contributed by atoms with van der Waals surface area (Å²) in [4.78, 5) is -1.16. The largest absolute Gasteiger partial charge is 0.398 e. The maximum Gasteiger partial charge on any atom is 0.295 e. The number of nitrogens with two attached hydrogens (primary N) is 1. The number of hydrogen-bond donors (Lipinski definition) is 4. The number of nitrogens with zero attached hydrogens (tertiary/aromatic N) is 4. The summed E-state index contributed by atoms with van der Waals surface area (Å²) < 4.78 is 98.4. The van der Waals surface area contributed by atoms with Gasteiger partial charge in [0.1, 0.15) is 4.90 Å². The Bertz CT molecular complexity index is 2320. The van der Waals surface area contributed by atoms with E-state index in [9.17, 15) is 34.4 Å². The van der Waals surface area contributed by atoms with E-state index in [-0.39, 0.29) is 44.1 Å². The van der Waals surface area contributed by atoms with Gasteiger partial charge in [-0.25, -0.2) is 0 Å². The Morgan fingerprint density at radius 3 is 1.65 bits per heavy atom. The molecule has 17 heteroatoms. The van der Waals surface area contributed by atoms with Gasteiger partial charge in [0.05, 0.1) is 32.5 Å². The van der Waals surface area contributed by atoms with Gasteiger partial charge in [-0.1, -0.05) is 18.2 Å². The number of anilines is 1. The van der Waals surface area contributed by atoms with Crippen LogP contribution in [-0.2, 0) is 30.4 Å². The minimum atomic E-state index is -4.60. The summed E-state index contributed by atoms with van der Waals surface area (Å²) in [6.45, 7) is 0. The van der Waals surface area contributed by atoms with Crippen molar-refractivity contribution in [2.45, 2.75) is 14.7 Å². The Kier molecular flexibility index (Phi) is 7.55. The molecule has 5 rings (SSSR count). The van der Waals surface area contributed by atoms with Gasteiger partial charge in [-0.2, -0.15) is 30.4 Å². The van der Waals surface area contributed by atoms with Gasteiger partial charge in [0.15, 0.2) is 0 Å². The van der Waals surface area contributed by atoms with Crippen LogP contribution >= 0.6 is 0 Å².